The van der Waals surface area contributed by atoms with Crippen LogP contribution in [0, 0.1) is 5.41 Å². The fourth-order valence-electron chi connectivity index (χ4n) is 1.62. The van der Waals surface area contributed by atoms with Gasteiger partial charge in [0.25, 0.3) is 0 Å². The van der Waals surface area contributed by atoms with E-state index in [1.165, 1.54) is 6.42 Å². The molecule has 3 nitrogen and oxygen atoms in total. The molecule has 0 spiro atoms. The van der Waals surface area contributed by atoms with Crippen molar-refractivity contribution in [2.24, 2.45) is 10.6 Å². The van der Waals surface area contributed by atoms with Gasteiger partial charge in [-0.2, -0.15) is 0 Å². The molecular weight excluding hydrogens is 162 g/mol. The van der Waals surface area contributed by atoms with Gasteiger partial charge in [-0.1, -0.05) is 6.42 Å². The first-order valence-corrected chi connectivity index (χ1v) is 5.18. The Kier molecular flexibility index (Phi) is 3.04. The molecule has 66 valence electrons. The van der Waals surface area contributed by atoms with E-state index in [0.717, 1.165) is 12.8 Å². The first-order chi connectivity index (χ1) is 5.18. The molecule has 11 heavy (non-hydrogen) atoms. The number of rotatable bonds is 4. The summed E-state index contributed by atoms with van der Waals surface area (Å²) < 4.78 is 15.8. The fraction of sp³-hybridized carbons (Fsp3) is 1.00. The molecule has 0 bridgehead atoms. The van der Waals surface area contributed by atoms with Gasteiger partial charge >= 0.3 is 0 Å². The topological polar surface area (TPSA) is 52.3 Å². The molecule has 1 fully saturated rings. The van der Waals surface area contributed by atoms with Crippen LogP contribution in [0.25, 0.3) is 0 Å². The van der Waals surface area contributed by atoms with Crippen molar-refractivity contribution in [1.82, 2.24) is 0 Å². The molecule has 1 unspecified atom stereocenters. The Morgan fingerprint density at radius 1 is 1.64 bits per heavy atom. The van der Waals surface area contributed by atoms with Gasteiger partial charge in [-0.3, -0.25) is 5.14 Å². The number of hydrogen-bond donors (Lipinski definition) is 1. The second-order valence-corrected chi connectivity index (χ2v) is 4.36. The van der Waals surface area contributed by atoms with Crippen LogP contribution >= 0.6 is 0 Å². The summed E-state index contributed by atoms with van der Waals surface area (Å²) in [6, 6.07) is 0. The van der Waals surface area contributed by atoms with Crippen molar-refractivity contribution in [1.29, 1.82) is 0 Å². The Labute approximate surface area is 69.9 Å². The van der Waals surface area contributed by atoms with Crippen molar-refractivity contribution in [2.45, 2.75) is 19.3 Å². The van der Waals surface area contributed by atoms with E-state index in [0.29, 0.717) is 12.4 Å². The zero-order valence-electron chi connectivity index (χ0n) is 6.84. The summed E-state index contributed by atoms with van der Waals surface area (Å²) >= 11 is 0. The molecule has 0 amide bonds. The monoisotopic (exact) mass is 177 g/mol. The number of ether oxygens (including phenoxy) is 1. The maximum atomic E-state index is 10.8. The molecule has 0 aromatic heterocycles. The minimum Gasteiger partial charge on any atom is -0.384 e. The van der Waals surface area contributed by atoms with E-state index in [-0.39, 0.29) is 5.41 Å². The Morgan fingerprint density at radius 3 is 2.55 bits per heavy atom. The predicted molar refractivity (Wildman–Crippen MR) is 45.4 cm³/mol. The van der Waals surface area contributed by atoms with Crippen LogP contribution in [0.1, 0.15) is 19.3 Å². The van der Waals surface area contributed by atoms with Crippen LogP contribution in [0.2, 0.25) is 0 Å². The highest BCUT2D eigenvalue weighted by Gasteiger charge is 2.37. The van der Waals surface area contributed by atoms with E-state index in [9.17, 15) is 4.21 Å². The SMILES string of the molecule is COCC1(CS(N)=O)CCC1. The maximum absolute atomic E-state index is 10.8. The normalized spacial score (nSPS) is 24.2. The molecular formula is C7H15NO2S. The van der Waals surface area contributed by atoms with Crippen LogP contribution in [0.15, 0.2) is 0 Å². The molecule has 0 aromatic carbocycles. The molecule has 1 rings (SSSR count). The molecule has 2 N–H and O–H groups in total. The van der Waals surface area contributed by atoms with E-state index in [2.05, 4.69) is 0 Å². The van der Waals surface area contributed by atoms with Crippen molar-refractivity contribution in [2.75, 3.05) is 19.5 Å². The third-order valence-corrected chi connectivity index (χ3v) is 3.21. The summed E-state index contributed by atoms with van der Waals surface area (Å²) in [5.74, 6) is 0.598. The second kappa shape index (κ2) is 3.65. The van der Waals surface area contributed by atoms with Gasteiger partial charge in [-0.15, -0.1) is 0 Å². The maximum Gasteiger partial charge on any atom is 0.0894 e. The average Bonchev–Trinajstić information content (AvgIpc) is 1.82. The molecule has 4 heteroatoms. The summed E-state index contributed by atoms with van der Waals surface area (Å²) in [6.45, 7) is 0.704. The van der Waals surface area contributed by atoms with Gasteiger partial charge in [0.05, 0.1) is 17.6 Å². The molecule has 0 aromatic rings. The van der Waals surface area contributed by atoms with E-state index in [1.54, 1.807) is 7.11 Å². The minimum atomic E-state index is -1.17. The van der Waals surface area contributed by atoms with Gasteiger partial charge in [0.1, 0.15) is 0 Å². The third-order valence-electron chi connectivity index (χ3n) is 2.31. The predicted octanol–water partition coefficient (Wildman–Crippen LogP) is 0.425. The van der Waals surface area contributed by atoms with Crippen LogP contribution < -0.4 is 5.14 Å². The van der Waals surface area contributed by atoms with Gasteiger partial charge in [0.15, 0.2) is 0 Å². The molecule has 1 atom stereocenters. The van der Waals surface area contributed by atoms with E-state index in [1.807, 2.05) is 0 Å². The molecule has 0 saturated heterocycles. The first kappa shape index (κ1) is 9.16. The fourth-order valence-corrected chi connectivity index (χ4v) is 2.59. The molecule has 0 heterocycles. The van der Waals surface area contributed by atoms with E-state index in [4.69, 9.17) is 9.88 Å². The van der Waals surface area contributed by atoms with Crippen molar-refractivity contribution in [3.8, 4) is 0 Å². The summed E-state index contributed by atoms with van der Waals surface area (Å²) in [5, 5.41) is 5.23. The molecule has 1 aliphatic rings. The second-order valence-electron chi connectivity index (χ2n) is 3.31. The van der Waals surface area contributed by atoms with Gasteiger partial charge in [-0.05, 0) is 12.8 Å². The van der Waals surface area contributed by atoms with Crippen LogP contribution in [-0.2, 0) is 15.7 Å². The Balaban J connectivity index is 2.39. The van der Waals surface area contributed by atoms with Crippen LogP contribution in [0.4, 0.5) is 0 Å². The summed E-state index contributed by atoms with van der Waals surface area (Å²) in [5.41, 5.74) is 0.147. The van der Waals surface area contributed by atoms with Crippen LogP contribution in [0.5, 0.6) is 0 Å². The van der Waals surface area contributed by atoms with Crippen molar-refractivity contribution >= 4 is 11.0 Å². The van der Waals surface area contributed by atoms with Crippen LogP contribution in [-0.4, -0.2) is 23.7 Å². The van der Waals surface area contributed by atoms with Crippen molar-refractivity contribution in [3.05, 3.63) is 0 Å². The standard InChI is InChI=1S/C7H15NO2S/c1-10-5-7(3-2-4-7)6-11(8)9/h2-6,8H2,1H3. The van der Waals surface area contributed by atoms with E-state index < -0.39 is 11.0 Å². The smallest absolute Gasteiger partial charge is 0.0894 e. The average molecular weight is 177 g/mol. The van der Waals surface area contributed by atoms with Gasteiger partial charge in [0.2, 0.25) is 0 Å². The van der Waals surface area contributed by atoms with Gasteiger partial charge < -0.3 is 4.74 Å². The zero-order chi connectivity index (χ0) is 8.32. The Bertz CT molecular complexity index is 157. The lowest BCUT2D eigenvalue weighted by Gasteiger charge is -2.40. The number of methoxy groups -OCH3 is 1. The zero-order valence-corrected chi connectivity index (χ0v) is 7.65. The first-order valence-electron chi connectivity index (χ1n) is 3.80. The Hall–Kier alpha value is 0.0700. The third kappa shape index (κ3) is 2.25. The summed E-state index contributed by atoms with van der Waals surface area (Å²) in [7, 11) is 0.515. The van der Waals surface area contributed by atoms with Gasteiger partial charge in [-0.25, -0.2) is 4.21 Å². The highest BCUT2D eigenvalue weighted by molar-refractivity contribution is 7.82. The van der Waals surface area contributed by atoms with Crippen molar-refractivity contribution in [3.63, 3.8) is 0 Å². The lowest BCUT2D eigenvalue weighted by molar-refractivity contribution is 0.0364. The van der Waals surface area contributed by atoms with Crippen molar-refractivity contribution < 1.29 is 8.95 Å². The lowest BCUT2D eigenvalue weighted by Crippen LogP contribution is -2.40. The lowest BCUT2D eigenvalue weighted by atomic mass is 9.71. The number of hydrogen-bond acceptors (Lipinski definition) is 2. The quantitative estimate of drug-likeness (QED) is 0.677. The van der Waals surface area contributed by atoms with Gasteiger partial charge in [0, 0.05) is 18.3 Å². The van der Waals surface area contributed by atoms with E-state index >= 15 is 0 Å². The summed E-state index contributed by atoms with van der Waals surface area (Å²) in [6.07, 6.45) is 3.45. The highest BCUT2D eigenvalue weighted by atomic mass is 32.2. The molecule has 0 radical (unpaired) electrons. The highest BCUT2D eigenvalue weighted by Crippen LogP contribution is 2.41. The number of nitrogens with two attached hydrogens (primary N) is 1. The molecule has 0 aliphatic heterocycles. The largest absolute Gasteiger partial charge is 0.384 e. The Morgan fingerprint density at radius 2 is 2.27 bits per heavy atom. The minimum absolute atomic E-state index is 0.147. The molecule has 1 aliphatic carbocycles. The summed E-state index contributed by atoms with van der Waals surface area (Å²) in [4.78, 5) is 0. The van der Waals surface area contributed by atoms with Crippen LogP contribution in [0.3, 0.4) is 0 Å². The molecule has 1 saturated carbocycles.